The first-order chi connectivity index (χ1) is 15.7. The van der Waals surface area contributed by atoms with Gasteiger partial charge in [-0.15, -0.1) is 0 Å². The van der Waals surface area contributed by atoms with Crippen molar-refractivity contribution < 1.29 is 23.5 Å². The van der Waals surface area contributed by atoms with Crippen LogP contribution in [0.3, 0.4) is 0 Å². The lowest BCUT2D eigenvalue weighted by atomic mass is 10.0. The SMILES string of the molecule is CC[C@H](O)[C@@H]1CN(C)C(=O)c2c3c(nn2C1)CCN(C(=O)Nc1ccc(F)c(C#N)c1F)C3. The molecule has 0 saturated heterocycles. The fraction of sp³-hybridized carbons (Fsp3) is 0.455. The monoisotopic (exact) mass is 458 g/mol. The average Bonchev–Trinajstić information content (AvgIpc) is 3.10. The highest BCUT2D eigenvalue weighted by Gasteiger charge is 2.36. The molecule has 2 aliphatic heterocycles. The van der Waals surface area contributed by atoms with Crippen LogP contribution in [0.25, 0.3) is 0 Å². The lowest BCUT2D eigenvalue weighted by Gasteiger charge is -2.28. The van der Waals surface area contributed by atoms with Crippen molar-refractivity contribution in [3.05, 3.63) is 46.3 Å². The number of aromatic nitrogens is 2. The van der Waals surface area contributed by atoms with Crippen LogP contribution in [-0.2, 0) is 19.5 Å². The molecule has 11 heteroatoms. The fourth-order valence-electron chi connectivity index (χ4n) is 4.39. The molecule has 0 fully saturated rings. The summed E-state index contributed by atoms with van der Waals surface area (Å²) in [5.74, 6) is -2.55. The van der Waals surface area contributed by atoms with E-state index in [1.165, 1.54) is 11.0 Å². The van der Waals surface area contributed by atoms with Gasteiger partial charge >= 0.3 is 6.03 Å². The molecule has 33 heavy (non-hydrogen) atoms. The Morgan fingerprint density at radius 3 is 2.85 bits per heavy atom. The predicted molar refractivity (Wildman–Crippen MR) is 113 cm³/mol. The van der Waals surface area contributed by atoms with Gasteiger partial charge in [0.25, 0.3) is 5.91 Å². The van der Waals surface area contributed by atoms with E-state index in [0.717, 1.165) is 12.1 Å². The van der Waals surface area contributed by atoms with Gasteiger partial charge in [-0.2, -0.15) is 10.4 Å². The molecular formula is C22H24F2N6O3. The van der Waals surface area contributed by atoms with Gasteiger partial charge in [-0.25, -0.2) is 13.6 Å². The average molecular weight is 458 g/mol. The summed E-state index contributed by atoms with van der Waals surface area (Å²) in [4.78, 5) is 28.9. The van der Waals surface area contributed by atoms with Gasteiger partial charge in [0, 0.05) is 44.6 Å². The lowest BCUT2D eigenvalue weighted by Crippen LogP contribution is -2.40. The molecule has 1 aromatic carbocycles. The largest absolute Gasteiger partial charge is 0.393 e. The number of nitrogens with zero attached hydrogens (tertiary/aromatic N) is 5. The van der Waals surface area contributed by atoms with Crippen molar-refractivity contribution in [2.24, 2.45) is 5.92 Å². The van der Waals surface area contributed by atoms with Crippen molar-refractivity contribution in [2.75, 3.05) is 25.5 Å². The third kappa shape index (κ3) is 4.02. The number of benzene rings is 1. The standard InChI is InChI=1S/C22H24F2N6O3/c1-3-18(31)12-9-28(2)21(32)20-14-11-29(7-6-16(14)27-30(20)10-12)22(33)26-17-5-4-15(23)13(8-25)19(17)24/h4-5,12,18,31H,3,6-7,9-11H2,1-2H3,(H,26,33)/t12-,18+/m1/s1. The Morgan fingerprint density at radius 1 is 1.39 bits per heavy atom. The molecule has 174 valence electrons. The Morgan fingerprint density at radius 2 is 2.15 bits per heavy atom. The van der Waals surface area contributed by atoms with Crippen molar-refractivity contribution in [3.8, 4) is 6.07 Å². The zero-order valence-corrected chi connectivity index (χ0v) is 18.3. The second kappa shape index (κ2) is 8.78. The number of fused-ring (bicyclic) bond motifs is 3. The van der Waals surface area contributed by atoms with Crippen LogP contribution in [0.1, 0.15) is 40.7 Å². The second-order valence-electron chi connectivity index (χ2n) is 8.37. The molecule has 9 nitrogen and oxygen atoms in total. The third-order valence-corrected chi connectivity index (χ3v) is 6.26. The molecule has 2 aliphatic rings. The van der Waals surface area contributed by atoms with Crippen LogP contribution in [0.4, 0.5) is 19.3 Å². The fourth-order valence-corrected chi connectivity index (χ4v) is 4.39. The summed E-state index contributed by atoms with van der Waals surface area (Å²) >= 11 is 0. The molecule has 0 radical (unpaired) electrons. The first-order valence-electron chi connectivity index (χ1n) is 10.7. The van der Waals surface area contributed by atoms with E-state index in [4.69, 9.17) is 5.26 Å². The van der Waals surface area contributed by atoms with E-state index in [0.29, 0.717) is 42.9 Å². The van der Waals surface area contributed by atoms with Crippen molar-refractivity contribution in [1.29, 1.82) is 5.26 Å². The number of urea groups is 1. The van der Waals surface area contributed by atoms with Crippen molar-refractivity contribution in [3.63, 3.8) is 0 Å². The zero-order valence-electron chi connectivity index (χ0n) is 18.3. The van der Waals surface area contributed by atoms with Gasteiger partial charge in [0.05, 0.1) is 24.0 Å². The maximum Gasteiger partial charge on any atom is 0.322 e. The molecule has 0 bridgehead atoms. The number of carbonyl (C=O) groups excluding carboxylic acids is 2. The van der Waals surface area contributed by atoms with E-state index in [2.05, 4.69) is 10.4 Å². The van der Waals surface area contributed by atoms with Gasteiger partial charge < -0.3 is 20.2 Å². The number of aliphatic hydroxyl groups excluding tert-OH is 1. The summed E-state index contributed by atoms with van der Waals surface area (Å²) < 4.78 is 29.6. The Hall–Kier alpha value is -3.52. The minimum Gasteiger partial charge on any atom is -0.393 e. The number of nitrogens with one attached hydrogen (secondary N) is 1. The van der Waals surface area contributed by atoms with E-state index in [9.17, 15) is 23.5 Å². The van der Waals surface area contributed by atoms with Crippen LogP contribution in [0.15, 0.2) is 12.1 Å². The zero-order chi connectivity index (χ0) is 23.9. The summed E-state index contributed by atoms with van der Waals surface area (Å²) in [5, 5.41) is 26.3. The van der Waals surface area contributed by atoms with Crippen molar-refractivity contribution in [2.45, 2.75) is 39.0 Å². The van der Waals surface area contributed by atoms with Gasteiger partial charge in [-0.05, 0) is 18.6 Å². The summed E-state index contributed by atoms with van der Waals surface area (Å²) in [6, 6.07) is 2.78. The summed E-state index contributed by atoms with van der Waals surface area (Å²) in [6.45, 7) is 3.03. The highest BCUT2D eigenvalue weighted by atomic mass is 19.1. The molecule has 2 atom stereocenters. The second-order valence-corrected chi connectivity index (χ2v) is 8.37. The molecule has 2 N–H and O–H groups in total. The van der Waals surface area contributed by atoms with E-state index < -0.39 is 29.3 Å². The number of hydrogen-bond donors (Lipinski definition) is 2. The number of halogens is 2. The molecule has 2 aromatic rings. The normalized spacial score (nSPS) is 18.8. The smallest absolute Gasteiger partial charge is 0.322 e. The number of hydrogen-bond acceptors (Lipinski definition) is 5. The maximum absolute atomic E-state index is 14.4. The number of anilines is 1. The Kier molecular flexibility index (Phi) is 6.03. The molecule has 0 spiro atoms. The molecule has 3 amide bonds. The number of aliphatic hydroxyl groups is 1. The number of nitriles is 1. The third-order valence-electron chi connectivity index (χ3n) is 6.26. The Bertz CT molecular complexity index is 1160. The summed E-state index contributed by atoms with van der Waals surface area (Å²) in [6.07, 6.45) is 0.388. The van der Waals surface area contributed by atoms with Crippen LogP contribution < -0.4 is 5.32 Å². The number of amides is 3. The van der Waals surface area contributed by atoms with Crippen LogP contribution in [0.5, 0.6) is 0 Å². The highest BCUT2D eigenvalue weighted by molar-refractivity contribution is 5.95. The number of rotatable bonds is 3. The maximum atomic E-state index is 14.4. The Labute approximate surface area is 189 Å². The van der Waals surface area contributed by atoms with E-state index in [1.807, 2.05) is 6.92 Å². The first kappa shape index (κ1) is 22.7. The lowest BCUT2D eigenvalue weighted by molar-refractivity contribution is 0.0626. The quantitative estimate of drug-likeness (QED) is 0.731. The molecular weight excluding hydrogens is 434 g/mol. The predicted octanol–water partition coefficient (Wildman–Crippen LogP) is 2.10. The van der Waals surface area contributed by atoms with Gasteiger partial charge in [-0.3, -0.25) is 9.48 Å². The van der Waals surface area contributed by atoms with Crippen molar-refractivity contribution in [1.82, 2.24) is 19.6 Å². The van der Waals surface area contributed by atoms with E-state index in [-0.39, 0.29) is 30.6 Å². The topological polar surface area (TPSA) is 114 Å². The molecule has 0 aliphatic carbocycles. The van der Waals surface area contributed by atoms with E-state index >= 15 is 0 Å². The highest BCUT2D eigenvalue weighted by Crippen LogP contribution is 2.28. The Balaban J connectivity index is 1.59. The molecule has 3 heterocycles. The molecule has 0 unspecified atom stereocenters. The van der Waals surface area contributed by atoms with Crippen LogP contribution >= 0.6 is 0 Å². The first-order valence-corrected chi connectivity index (χ1v) is 10.7. The van der Waals surface area contributed by atoms with Gasteiger partial charge in [0.2, 0.25) is 0 Å². The van der Waals surface area contributed by atoms with Gasteiger partial charge in [-0.1, -0.05) is 6.92 Å². The minimum absolute atomic E-state index is 0.0883. The molecule has 4 rings (SSSR count). The van der Waals surface area contributed by atoms with Gasteiger partial charge in [0.15, 0.2) is 5.82 Å². The molecule has 1 aromatic heterocycles. The summed E-state index contributed by atoms with van der Waals surface area (Å²) in [5.41, 5.74) is 0.646. The summed E-state index contributed by atoms with van der Waals surface area (Å²) in [7, 11) is 1.67. The van der Waals surface area contributed by atoms with Crippen LogP contribution in [0, 0.1) is 28.9 Å². The number of carbonyl (C=O) groups is 2. The minimum atomic E-state index is -1.14. The van der Waals surface area contributed by atoms with Crippen LogP contribution in [-0.4, -0.2) is 62.9 Å². The van der Waals surface area contributed by atoms with E-state index in [1.54, 1.807) is 16.6 Å². The molecule has 0 saturated carbocycles. The van der Waals surface area contributed by atoms with Gasteiger partial charge in [0.1, 0.15) is 23.1 Å². The van der Waals surface area contributed by atoms with Crippen molar-refractivity contribution >= 4 is 17.6 Å². The van der Waals surface area contributed by atoms with Crippen LogP contribution in [0.2, 0.25) is 0 Å².